The number of benzene rings is 2. The molecule has 0 fully saturated rings. The average Bonchev–Trinajstić information content (AvgIpc) is 3.31. The smallest absolute Gasteiger partial charge is 0.262 e. The Kier molecular flexibility index (Phi) is 4.76. The summed E-state index contributed by atoms with van der Waals surface area (Å²) < 4.78 is 12.7. The topological polar surface area (TPSA) is 83.0 Å². The lowest BCUT2D eigenvalue weighted by Crippen LogP contribution is -2.18. The second-order valence-electron chi connectivity index (χ2n) is 6.86. The van der Waals surface area contributed by atoms with E-state index in [0.717, 1.165) is 16.7 Å². The van der Waals surface area contributed by atoms with E-state index in [1.165, 1.54) is 0 Å². The summed E-state index contributed by atoms with van der Waals surface area (Å²) in [6.07, 6.45) is 5.10. The van der Waals surface area contributed by atoms with Gasteiger partial charge < -0.3 is 9.26 Å². The minimum absolute atomic E-state index is 0.129. The Hall–Kier alpha value is -4.26. The minimum Gasteiger partial charge on any atom is -0.494 e. The summed E-state index contributed by atoms with van der Waals surface area (Å²) in [7, 11) is 0. The van der Waals surface area contributed by atoms with E-state index in [1.54, 1.807) is 29.2 Å². The van der Waals surface area contributed by atoms with Crippen molar-refractivity contribution in [3.05, 3.63) is 89.6 Å². The Labute approximate surface area is 177 Å². The van der Waals surface area contributed by atoms with Crippen molar-refractivity contribution in [2.75, 3.05) is 6.61 Å². The lowest BCUT2D eigenvalue weighted by atomic mass is 10.1. The van der Waals surface area contributed by atoms with Gasteiger partial charge in [-0.2, -0.15) is 4.98 Å². The molecule has 0 atom stereocenters. The van der Waals surface area contributed by atoms with Gasteiger partial charge in [-0.1, -0.05) is 23.4 Å². The summed E-state index contributed by atoms with van der Waals surface area (Å²) in [6.45, 7) is 2.51. The van der Waals surface area contributed by atoms with Crippen molar-refractivity contribution < 1.29 is 9.26 Å². The van der Waals surface area contributed by atoms with Gasteiger partial charge in [0.2, 0.25) is 5.82 Å². The molecule has 31 heavy (non-hydrogen) atoms. The van der Waals surface area contributed by atoms with Crippen LogP contribution in [0.4, 0.5) is 0 Å². The molecule has 0 aliphatic carbocycles. The fourth-order valence-electron chi connectivity index (χ4n) is 3.47. The zero-order chi connectivity index (χ0) is 21.2. The number of rotatable bonds is 5. The van der Waals surface area contributed by atoms with Gasteiger partial charge in [0, 0.05) is 40.6 Å². The third kappa shape index (κ3) is 3.46. The molecule has 0 saturated carbocycles. The Morgan fingerprint density at radius 2 is 1.81 bits per heavy atom. The zero-order valence-corrected chi connectivity index (χ0v) is 16.7. The van der Waals surface area contributed by atoms with Crippen LogP contribution in [-0.2, 0) is 0 Å². The summed E-state index contributed by atoms with van der Waals surface area (Å²) in [4.78, 5) is 21.9. The van der Waals surface area contributed by atoms with Crippen LogP contribution in [0.5, 0.6) is 5.75 Å². The maximum Gasteiger partial charge on any atom is 0.262 e. The summed E-state index contributed by atoms with van der Waals surface area (Å²) >= 11 is 0. The summed E-state index contributed by atoms with van der Waals surface area (Å²) in [6, 6.07) is 18.4. The van der Waals surface area contributed by atoms with Gasteiger partial charge in [0.25, 0.3) is 11.4 Å². The van der Waals surface area contributed by atoms with Gasteiger partial charge in [-0.3, -0.25) is 14.3 Å². The number of hydrogen-bond donors (Lipinski definition) is 0. The predicted octanol–water partition coefficient (Wildman–Crippen LogP) is 4.50. The molecule has 7 heteroatoms. The Morgan fingerprint density at radius 1 is 1.00 bits per heavy atom. The fraction of sp³-hybridized carbons (Fsp3) is 0.0833. The number of aromatic nitrogens is 4. The van der Waals surface area contributed by atoms with E-state index < -0.39 is 0 Å². The first-order chi connectivity index (χ1) is 15.2. The largest absolute Gasteiger partial charge is 0.494 e. The molecule has 0 spiro atoms. The summed E-state index contributed by atoms with van der Waals surface area (Å²) in [5.41, 5.74) is 2.01. The highest BCUT2D eigenvalue weighted by atomic mass is 16.5. The quantitative estimate of drug-likeness (QED) is 0.424. The maximum absolute atomic E-state index is 13.2. The normalized spacial score (nSPS) is 11.0. The molecule has 0 radical (unpaired) electrons. The number of ether oxygens (including phenoxy) is 1. The molecule has 0 N–H and O–H groups in total. The maximum atomic E-state index is 13.2. The van der Waals surface area contributed by atoms with Crippen LogP contribution in [-0.4, -0.2) is 26.3 Å². The molecule has 5 aromatic rings. The lowest BCUT2D eigenvalue weighted by Gasteiger charge is -2.11. The van der Waals surface area contributed by atoms with Crippen LogP contribution in [0, 0.1) is 0 Å². The van der Waals surface area contributed by atoms with Gasteiger partial charge >= 0.3 is 0 Å². The molecule has 0 aliphatic rings. The average molecular weight is 410 g/mol. The fourth-order valence-corrected chi connectivity index (χ4v) is 3.47. The van der Waals surface area contributed by atoms with Crippen LogP contribution in [0.2, 0.25) is 0 Å². The van der Waals surface area contributed by atoms with Crippen LogP contribution in [0.25, 0.3) is 39.3 Å². The molecule has 7 nitrogen and oxygen atoms in total. The van der Waals surface area contributed by atoms with Gasteiger partial charge in [-0.15, -0.1) is 0 Å². The molecule has 152 valence electrons. The molecule has 5 rings (SSSR count). The highest BCUT2D eigenvalue weighted by Crippen LogP contribution is 2.28. The van der Waals surface area contributed by atoms with E-state index >= 15 is 0 Å². The van der Waals surface area contributed by atoms with Gasteiger partial charge in [0.15, 0.2) is 0 Å². The SMILES string of the molecule is CCOc1ccc(-n2cc(-c3nc(-c4cccnc4)no3)c3ccccc3c2=O)cc1. The molecule has 2 aromatic carbocycles. The predicted molar refractivity (Wildman–Crippen MR) is 117 cm³/mol. The van der Waals surface area contributed by atoms with Crippen LogP contribution < -0.4 is 10.3 Å². The minimum atomic E-state index is -0.129. The molecule has 0 aliphatic heterocycles. The highest BCUT2D eigenvalue weighted by Gasteiger charge is 2.17. The van der Waals surface area contributed by atoms with Gasteiger partial charge in [-0.05, 0) is 49.4 Å². The van der Waals surface area contributed by atoms with Gasteiger partial charge in [0.05, 0.1) is 12.2 Å². The number of nitrogens with zero attached hydrogens (tertiary/aromatic N) is 4. The van der Waals surface area contributed by atoms with Crippen molar-refractivity contribution in [3.63, 3.8) is 0 Å². The Morgan fingerprint density at radius 3 is 2.55 bits per heavy atom. The van der Waals surface area contributed by atoms with Crippen molar-refractivity contribution in [2.24, 2.45) is 0 Å². The Bertz CT molecular complexity index is 1410. The molecule has 0 bridgehead atoms. The third-order valence-electron chi connectivity index (χ3n) is 4.93. The highest BCUT2D eigenvalue weighted by molar-refractivity contribution is 5.94. The van der Waals surface area contributed by atoms with Crippen LogP contribution in [0.15, 0.2) is 88.6 Å². The third-order valence-corrected chi connectivity index (χ3v) is 4.93. The first-order valence-corrected chi connectivity index (χ1v) is 9.86. The lowest BCUT2D eigenvalue weighted by molar-refractivity contribution is 0.340. The van der Waals surface area contributed by atoms with Crippen molar-refractivity contribution in [2.45, 2.75) is 6.92 Å². The second kappa shape index (κ2) is 7.87. The monoisotopic (exact) mass is 410 g/mol. The van der Waals surface area contributed by atoms with Crippen molar-refractivity contribution in [1.29, 1.82) is 0 Å². The molecule has 3 aromatic heterocycles. The van der Waals surface area contributed by atoms with E-state index in [-0.39, 0.29) is 5.56 Å². The van der Waals surface area contributed by atoms with Crippen LogP contribution >= 0.6 is 0 Å². The standard InChI is InChI=1S/C24H18N4O3/c1-2-30-18-11-9-17(10-12-18)28-15-21(19-7-3-4-8-20(19)24(28)29)23-26-22(27-31-23)16-6-5-13-25-14-16/h3-15H,2H2,1H3. The second-order valence-corrected chi connectivity index (χ2v) is 6.86. The summed E-state index contributed by atoms with van der Waals surface area (Å²) in [5.74, 6) is 1.51. The van der Waals surface area contributed by atoms with E-state index in [9.17, 15) is 4.79 Å². The van der Waals surface area contributed by atoms with E-state index in [2.05, 4.69) is 15.1 Å². The first kappa shape index (κ1) is 18.7. The molecule has 0 amide bonds. The Balaban J connectivity index is 1.67. The number of fused-ring (bicyclic) bond motifs is 1. The molecule has 3 heterocycles. The van der Waals surface area contributed by atoms with Crippen molar-refractivity contribution >= 4 is 10.8 Å². The van der Waals surface area contributed by atoms with Gasteiger partial charge in [-0.25, -0.2) is 0 Å². The molecule has 0 unspecified atom stereocenters. The molecular formula is C24H18N4O3. The van der Waals surface area contributed by atoms with Crippen LogP contribution in [0.3, 0.4) is 0 Å². The van der Waals surface area contributed by atoms with Crippen molar-refractivity contribution in [1.82, 2.24) is 19.7 Å². The van der Waals surface area contributed by atoms with Gasteiger partial charge in [0.1, 0.15) is 5.75 Å². The summed E-state index contributed by atoms with van der Waals surface area (Å²) in [5, 5.41) is 5.41. The molecule has 0 saturated heterocycles. The first-order valence-electron chi connectivity index (χ1n) is 9.86. The van der Waals surface area contributed by atoms with E-state index in [4.69, 9.17) is 9.26 Å². The zero-order valence-electron chi connectivity index (χ0n) is 16.7. The number of hydrogen-bond acceptors (Lipinski definition) is 6. The molecular weight excluding hydrogens is 392 g/mol. The van der Waals surface area contributed by atoms with Crippen molar-refractivity contribution in [3.8, 4) is 34.3 Å². The van der Waals surface area contributed by atoms with E-state index in [0.29, 0.717) is 35.0 Å². The number of pyridine rings is 2. The van der Waals surface area contributed by atoms with E-state index in [1.807, 2.05) is 61.5 Å². The van der Waals surface area contributed by atoms with Crippen LogP contribution in [0.1, 0.15) is 6.92 Å².